The standard InChI is InChI=1S/C18H23N3O2.C6H12/c1-13-7-8-15(17-19-9-5-10-20-17)16(12-13)18(23)21(3)14(2)6-4-11-22;1-5-3-4-6(5)2/h5,7-10,12,14,22H,4,6,11H2,1-3H3;5-6H,3-4H2,1-2H3. The summed E-state index contributed by atoms with van der Waals surface area (Å²) in [5.74, 6) is 2.56. The molecule has 0 radical (unpaired) electrons. The Morgan fingerprint density at radius 2 is 1.83 bits per heavy atom. The molecule has 2 aromatic rings. The van der Waals surface area contributed by atoms with Gasteiger partial charge < -0.3 is 10.0 Å². The van der Waals surface area contributed by atoms with Gasteiger partial charge in [0.15, 0.2) is 5.82 Å². The predicted octanol–water partition coefficient (Wildman–Crippen LogP) is 4.74. The van der Waals surface area contributed by atoms with Gasteiger partial charge in [-0.3, -0.25) is 4.79 Å². The molecule has 5 heteroatoms. The van der Waals surface area contributed by atoms with Crippen LogP contribution >= 0.6 is 0 Å². The molecule has 1 aliphatic carbocycles. The smallest absolute Gasteiger partial charge is 0.254 e. The van der Waals surface area contributed by atoms with E-state index < -0.39 is 0 Å². The van der Waals surface area contributed by atoms with Gasteiger partial charge in [0.25, 0.3) is 5.91 Å². The summed E-state index contributed by atoms with van der Waals surface area (Å²) in [5, 5.41) is 8.96. The van der Waals surface area contributed by atoms with Crippen LogP contribution < -0.4 is 0 Å². The molecule has 1 heterocycles. The average molecular weight is 398 g/mol. The van der Waals surface area contributed by atoms with E-state index in [1.54, 1.807) is 30.4 Å². The maximum Gasteiger partial charge on any atom is 0.254 e. The zero-order chi connectivity index (χ0) is 21.4. The zero-order valence-electron chi connectivity index (χ0n) is 18.4. The van der Waals surface area contributed by atoms with Crippen LogP contribution in [0.5, 0.6) is 0 Å². The van der Waals surface area contributed by atoms with Crippen molar-refractivity contribution in [2.45, 2.75) is 59.4 Å². The molecule has 1 aromatic carbocycles. The first-order valence-electron chi connectivity index (χ1n) is 10.6. The summed E-state index contributed by atoms with van der Waals surface area (Å²) in [6.45, 7) is 8.74. The number of carbonyl (C=O) groups excluding carboxylic acids is 1. The molecule has 3 rings (SSSR count). The zero-order valence-corrected chi connectivity index (χ0v) is 18.4. The first-order chi connectivity index (χ1) is 13.8. The lowest BCUT2D eigenvalue weighted by Gasteiger charge is -2.29. The van der Waals surface area contributed by atoms with Crippen LogP contribution in [-0.2, 0) is 0 Å². The van der Waals surface area contributed by atoms with Crippen molar-refractivity contribution < 1.29 is 9.90 Å². The molecule has 1 fully saturated rings. The number of hydrogen-bond donors (Lipinski definition) is 1. The number of amides is 1. The monoisotopic (exact) mass is 397 g/mol. The Kier molecular flexibility index (Phi) is 8.77. The summed E-state index contributed by atoms with van der Waals surface area (Å²) < 4.78 is 0. The summed E-state index contributed by atoms with van der Waals surface area (Å²) in [6.07, 6.45) is 7.74. The SMILES string of the molecule is CC1CCC1C.Cc1ccc(-c2ncccn2)c(C(=O)N(C)C(C)CCCO)c1. The Morgan fingerprint density at radius 3 is 2.34 bits per heavy atom. The van der Waals surface area contributed by atoms with E-state index >= 15 is 0 Å². The summed E-state index contributed by atoms with van der Waals surface area (Å²) in [4.78, 5) is 23.1. The minimum Gasteiger partial charge on any atom is -0.396 e. The average Bonchev–Trinajstić information content (AvgIpc) is 2.76. The summed E-state index contributed by atoms with van der Waals surface area (Å²) in [7, 11) is 1.79. The summed E-state index contributed by atoms with van der Waals surface area (Å²) in [5.41, 5.74) is 2.36. The van der Waals surface area contributed by atoms with Gasteiger partial charge in [-0.25, -0.2) is 9.97 Å². The molecular formula is C24H35N3O2. The lowest BCUT2D eigenvalue weighted by Crippen LogP contribution is -2.35. The Balaban J connectivity index is 0.000000426. The number of aliphatic hydroxyl groups excluding tert-OH is 1. The minimum absolute atomic E-state index is 0.0541. The quantitative estimate of drug-likeness (QED) is 0.765. The van der Waals surface area contributed by atoms with Crippen LogP contribution in [0.2, 0.25) is 0 Å². The van der Waals surface area contributed by atoms with Crippen LogP contribution in [0.3, 0.4) is 0 Å². The second-order valence-corrected chi connectivity index (χ2v) is 8.28. The molecule has 1 amide bonds. The Morgan fingerprint density at radius 1 is 1.21 bits per heavy atom. The van der Waals surface area contributed by atoms with E-state index in [1.165, 1.54) is 12.8 Å². The second kappa shape index (κ2) is 11.1. The van der Waals surface area contributed by atoms with Gasteiger partial charge in [0.1, 0.15) is 0 Å². The maximum absolute atomic E-state index is 12.9. The maximum atomic E-state index is 12.9. The molecule has 1 N–H and O–H groups in total. The predicted molar refractivity (Wildman–Crippen MR) is 118 cm³/mol. The first-order valence-corrected chi connectivity index (χ1v) is 10.6. The third-order valence-electron chi connectivity index (χ3n) is 6.02. The van der Waals surface area contributed by atoms with Gasteiger partial charge in [0.2, 0.25) is 0 Å². The van der Waals surface area contributed by atoms with E-state index in [1.807, 2.05) is 32.0 Å². The normalized spacial score (nSPS) is 18.8. The molecular weight excluding hydrogens is 362 g/mol. The van der Waals surface area contributed by atoms with Gasteiger partial charge in [0, 0.05) is 37.7 Å². The molecule has 158 valence electrons. The number of aryl methyl sites for hydroxylation is 1. The highest BCUT2D eigenvalue weighted by atomic mass is 16.3. The van der Waals surface area contributed by atoms with E-state index in [4.69, 9.17) is 5.11 Å². The van der Waals surface area contributed by atoms with Gasteiger partial charge in [0.05, 0.1) is 5.56 Å². The van der Waals surface area contributed by atoms with Crippen molar-refractivity contribution in [3.05, 3.63) is 47.8 Å². The van der Waals surface area contributed by atoms with Crippen molar-refractivity contribution in [2.75, 3.05) is 13.7 Å². The highest BCUT2D eigenvalue weighted by molar-refractivity contribution is 6.00. The van der Waals surface area contributed by atoms with Gasteiger partial charge >= 0.3 is 0 Å². The Bertz CT molecular complexity index is 771. The number of aromatic nitrogens is 2. The van der Waals surface area contributed by atoms with Crippen LogP contribution in [0.25, 0.3) is 11.4 Å². The van der Waals surface area contributed by atoms with Gasteiger partial charge in [-0.15, -0.1) is 0 Å². The van der Waals surface area contributed by atoms with Crippen LogP contribution in [-0.4, -0.2) is 45.6 Å². The molecule has 0 spiro atoms. The number of carbonyl (C=O) groups is 1. The fraction of sp³-hybridized carbons (Fsp3) is 0.542. The fourth-order valence-corrected chi connectivity index (χ4v) is 3.27. The third-order valence-corrected chi connectivity index (χ3v) is 6.02. The molecule has 1 aliphatic rings. The van der Waals surface area contributed by atoms with Crippen molar-refractivity contribution >= 4 is 5.91 Å². The molecule has 0 saturated heterocycles. The van der Waals surface area contributed by atoms with Gasteiger partial charge in [-0.2, -0.15) is 0 Å². The highest BCUT2D eigenvalue weighted by Crippen LogP contribution is 2.32. The lowest BCUT2D eigenvalue weighted by molar-refractivity contribution is 0.0731. The lowest BCUT2D eigenvalue weighted by atomic mass is 9.77. The van der Waals surface area contributed by atoms with Crippen molar-refractivity contribution in [1.82, 2.24) is 14.9 Å². The molecule has 29 heavy (non-hydrogen) atoms. The van der Waals surface area contributed by atoms with Crippen LogP contribution in [0.1, 0.15) is 62.4 Å². The van der Waals surface area contributed by atoms with E-state index in [0.29, 0.717) is 17.8 Å². The van der Waals surface area contributed by atoms with Crippen LogP contribution in [0.15, 0.2) is 36.7 Å². The molecule has 3 atom stereocenters. The number of hydrogen-bond acceptors (Lipinski definition) is 4. The van der Waals surface area contributed by atoms with Crippen LogP contribution in [0.4, 0.5) is 0 Å². The molecule has 3 unspecified atom stereocenters. The molecule has 5 nitrogen and oxygen atoms in total. The minimum atomic E-state index is -0.0541. The summed E-state index contributed by atoms with van der Waals surface area (Å²) >= 11 is 0. The highest BCUT2D eigenvalue weighted by Gasteiger charge is 2.22. The second-order valence-electron chi connectivity index (χ2n) is 8.28. The summed E-state index contributed by atoms with van der Waals surface area (Å²) in [6, 6.07) is 7.53. The molecule has 1 saturated carbocycles. The number of nitrogens with zero attached hydrogens (tertiary/aromatic N) is 3. The first kappa shape index (κ1) is 23.0. The van der Waals surface area contributed by atoms with Gasteiger partial charge in [-0.1, -0.05) is 44.4 Å². The molecule has 0 aliphatic heterocycles. The Labute approximate surface area is 175 Å². The van der Waals surface area contributed by atoms with E-state index in [2.05, 4.69) is 23.8 Å². The largest absolute Gasteiger partial charge is 0.396 e. The van der Waals surface area contributed by atoms with Gasteiger partial charge in [-0.05, 0) is 50.7 Å². The van der Waals surface area contributed by atoms with Crippen molar-refractivity contribution in [2.24, 2.45) is 11.8 Å². The molecule has 0 bridgehead atoms. The van der Waals surface area contributed by atoms with E-state index in [0.717, 1.165) is 29.4 Å². The van der Waals surface area contributed by atoms with Crippen molar-refractivity contribution in [1.29, 1.82) is 0 Å². The van der Waals surface area contributed by atoms with Crippen molar-refractivity contribution in [3.8, 4) is 11.4 Å². The van der Waals surface area contributed by atoms with E-state index in [-0.39, 0.29) is 18.6 Å². The number of rotatable bonds is 6. The van der Waals surface area contributed by atoms with Crippen molar-refractivity contribution in [3.63, 3.8) is 0 Å². The van der Waals surface area contributed by atoms with E-state index in [9.17, 15) is 4.79 Å². The topological polar surface area (TPSA) is 66.3 Å². The molecule has 1 aromatic heterocycles. The number of benzene rings is 1. The number of aliphatic hydroxyl groups is 1. The van der Waals surface area contributed by atoms with Crippen LogP contribution in [0, 0.1) is 18.8 Å². The fourth-order valence-electron chi connectivity index (χ4n) is 3.27. The third kappa shape index (κ3) is 6.36. The Hall–Kier alpha value is -2.27.